The first kappa shape index (κ1) is 18.1. The van der Waals surface area contributed by atoms with Crippen molar-refractivity contribution in [2.45, 2.75) is 20.3 Å². The van der Waals surface area contributed by atoms with Crippen molar-refractivity contribution < 1.29 is 9.53 Å². The summed E-state index contributed by atoms with van der Waals surface area (Å²) in [6, 6.07) is 15.1. The van der Waals surface area contributed by atoms with Crippen LogP contribution < -0.4 is 10.1 Å². The van der Waals surface area contributed by atoms with Gasteiger partial charge in [-0.3, -0.25) is 4.79 Å². The normalized spacial score (nSPS) is 10.9. The summed E-state index contributed by atoms with van der Waals surface area (Å²) in [5.41, 5.74) is 2.82. The fourth-order valence-corrected chi connectivity index (χ4v) is 3.53. The number of aromatic nitrogens is 4. The lowest BCUT2D eigenvalue weighted by Crippen LogP contribution is -2.20. The molecule has 0 saturated carbocycles. The van der Waals surface area contributed by atoms with E-state index < -0.39 is 0 Å². The minimum Gasteiger partial charge on any atom is -0.484 e. The highest BCUT2D eigenvalue weighted by atomic mass is 32.1. The number of rotatable bonds is 6. The molecule has 0 radical (unpaired) electrons. The summed E-state index contributed by atoms with van der Waals surface area (Å²) in [5.74, 6) is 1.31. The Morgan fingerprint density at radius 2 is 1.86 bits per heavy atom. The molecule has 0 aliphatic carbocycles. The van der Waals surface area contributed by atoms with Gasteiger partial charge in [0, 0.05) is 17.7 Å². The van der Waals surface area contributed by atoms with Gasteiger partial charge >= 0.3 is 0 Å². The molecule has 142 valence electrons. The smallest absolute Gasteiger partial charge is 0.262 e. The molecule has 1 N–H and O–H groups in total. The highest BCUT2D eigenvalue weighted by Crippen LogP contribution is 2.26. The molecule has 0 bridgehead atoms. The number of amides is 1. The molecule has 2 heterocycles. The number of carbonyl (C=O) groups excluding carboxylic acids is 1. The van der Waals surface area contributed by atoms with E-state index in [1.54, 1.807) is 4.52 Å². The zero-order valence-electron chi connectivity index (χ0n) is 15.5. The third-order valence-electron chi connectivity index (χ3n) is 4.18. The van der Waals surface area contributed by atoms with Gasteiger partial charge in [-0.1, -0.05) is 36.0 Å². The van der Waals surface area contributed by atoms with Gasteiger partial charge in [0.15, 0.2) is 12.4 Å². The highest BCUT2D eigenvalue weighted by Gasteiger charge is 2.12. The van der Waals surface area contributed by atoms with Gasteiger partial charge in [0.2, 0.25) is 4.96 Å². The summed E-state index contributed by atoms with van der Waals surface area (Å²) in [6.45, 7) is 3.99. The topological polar surface area (TPSA) is 81.4 Å². The quantitative estimate of drug-likeness (QED) is 0.540. The van der Waals surface area contributed by atoms with Crippen LogP contribution in [0.3, 0.4) is 0 Å². The Morgan fingerprint density at radius 1 is 1.11 bits per heavy atom. The second kappa shape index (κ2) is 7.77. The van der Waals surface area contributed by atoms with Crippen LogP contribution in [0, 0.1) is 6.92 Å². The molecule has 0 aliphatic heterocycles. The number of aryl methyl sites for hydroxylation is 2. The van der Waals surface area contributed by atoms with Crippen LogP contribution in [-0.2, 0) is 11.2 Å². The Kier molecular flexibility index (Phi) is 5.03. The molecule has 0 saturated heterocycles. The lowest BCUT2D eigenvalue weighted by atomic mass is 10.2. The van der Waals surface area contributed by atoms with Crippen molar-refractivity contribution in [2.24, 2.45) is 0 Å². The first-order chi connectivity index (χ1) is 13.6. The summed E-state index contributed by atoms with van der Waals surface area (Å²) in [5, 5.41) is 16.5. The van der Waals surface area contributed by atoms with Crippen LogP contribution in [0.15, 0.2) is 48.5 Å². The van der Waals surface area contributed by atoms with Gasteiger partial charge in [0.25, 0.3) is 5.91 Å². The fraction of sp³-hybridized carbons (Fsp3) is 0.200. The van der Waals surface area contributed by atoms with Gasteiger partial charge < -0.3 is 10.1 Å². The van der Waals surface area contributed by atoms with E-state index in [1.807, 2.05) is 62.4 Å². The zero-order chi connectivity index (χ0) is 19.5. The van der Waals surface area contributed by atoms with Gasteiger partial charge in [-0.2, -0.15) is 9.61 Å². The second-order valence-corrected chi connectivity index (χ2v) is 7.25. The van der Waals surface area contributed by atoms with E-state index in [2.05, 4.69) is 20.6 Å². The number of ether oxygens (including phenoxy) is 1. The molecular formula is C20H19N5O2S. The molecule has 1 amide bonds. The molecular weight excluding hydrogens is 374 g/mol. The van der Waals surface area contributed by atoms with Crippen LogP contribution in [0.25, 0.3) is 15.5 Å². The van der Waals surface area contributed by atoms with E-state index >= 15 is 0 Å². The lowest BCUT2D eigenvalue weighted by molar-refractivity contribution is -0.118. The highest BCUT2D eigenvalue weighted by molar-refractivity contribution is 7.19. The van der Waals surface area contributed by atoms with Crippen LogP contribution in [0.4, 0.5) is 5.69 Å². The number of nitrogens with one attached hydrogen (secondary N) is 1. The van der Waals surface area contributed by atoms with E-state index in [0.717, 1.165) is 33.3 Å². The lowest BCUT2D eigenvalue weighted by Gasteiger charge is -2.08. The van der Waals surface area contributed by atoms with Crippen molar-refractivity contribution >= 4 is 27.9 Å². The van der Waals surface area contributed by atoms with Crippen LogP contribution in [0.1, 0.15) is 18.3 Å². The summed E-state index contributed by atoms with van der Waals surface area (Å²) in [6.07, 6.45) is 0.778. The van der Waals surface area contributed by atoms with Gasteiger partial charge in [-0.15, -0.1) is 10.2 Å². The van der Waals surface area contributed by atoms with Gasteiger partial charge in [0.05, 0.1) is 0 Å². The Labute approximate surface area is 166 Å². The van der Waals surface area contributed by atoms with Crippen molar-refractivity contribution in [3.8, 4) is 16.3 Å². The Balaban J connectivity index is 1.38. The number of hydrogen-bond acceptors (Lipinski definition) is 6. The number of nitrogens with zero attached hydrogens (tertiary/aromatic N) is 4. The summed E-state index contributed by atoms with van der Waals surface area (Å²) < 4.78 is 7.27. The second-order valence-electron chi connectivity index (χ2n) is 6.30. The molecule has 2 aromatic carbocycles. The van der Waals surface area contributed by atoms with E-state index in [1.165, 1.54) is 11.3 Å². The first-order valence-electron chi connectivity index (χ1n) is 8.93. The molecule has 4 rings (SSSR count). The number of carbonyl (C=O) groups is 1. The van der Waals surface area contributed by atoms with Crippen molar-refractivity contribution in [3.05, 3.63) is 59.9 Å². The van der Waals surface area contributed by atoms with E-state index in [-0.39, 0.29) is 12.5 Å². The molecule has 2 aromatic heterocycles. The van der Waals surface area contributed by atoms with Crippen molar-refractivity contribution in [2.75, 3.05) is 11.9 Å². The maximum Gasteiger partial charge on any atom is 0.262 e. The molecule has 28 heavy (non-hydrogen) atoms. The Morgan fingerprint density at radius 3 is 2.57 bits per heavy atom. The average Bonchev–Trinajstić information content (AvgIpc) is 3.29. The predicted octanol–water partition coefficient (Wildman–Crippen LogP) is 3.74. The number of fused-ring (bicyclic) bond motifs is 1. The first-order valence-corrected chi connectivity index (χ1v) is 9.75. The number of anilines is 1. The molecule has 4 aromatic rings. The molecule has 7 nitrogen and oxygen atoms in total. The molecule has 0 unspecified atom stereocenters. The summed E-state index contributed by atoms with van der Waals surface area (Å²) >= 11 is 1.48. The molecule has 0 aliphatic rings. The summed E-state index contributed by atoms with van der Waals surface area (Å²) in [4.78, 5) is 12.9. The largest absolute Gasteiger partial charge is 0.484 e. The van der Waals surface area contributed by atoms with Crippen LogP contribution in [-0.4, -0.2) is 32.3 Å². The van der Waals surface area contributed by atoms with Crippen LogP contribution in [0.2, 0.25) is 0 Å². The summed E-state index contributed by atoms with van der Waals surface area (Å²) in [7, 11) is 0. The SMILES string of the molecule is CCc1nnc2sc(-c3ccc(NC(=O)COc4ccc(C)cc4)cc3)nn12. The van der Waals surface area contributed by atoms with Crippen LogP contribution >= 0.6 is 11.3 Å². The van der Waals surface area contributed by atoms with Gasteiger partial charge in [-0.05, 0) is 43.3 Å². The Bertz CT molecular complexity index is 1100. The minimum absolute atomic E-state index is 0.0404. The maximum absolute atomic E-state index is 12.1. The van der Waals surface area contributed by atoms with Crippen molar-refractivity contribution in [1.82, 2.24) is 19.8 Å². The Hall–Kier alpha value is -3.26. The maximum atomic E-state index is 12.1. The third kappa shape index (κ3) is 3.86. The van der Waals surface area contributed by atoms with Gasteiger partial charge in [-0.25, -0.2) is 0 Å². The standard InChI is InChI=1S/C20H19N5O2S/c1-3-17-22-23-20-25(17)24-19(28-20)14-6-8-15(9-7-14)21-18(26)12-27-16-10-4-13(2)5-11-16/h4-11H,3,12H2,1-2H3,(H,21,26). The number of hydrogen-bond donors (Lipinski definition) is 1. The zero-order valence-corrected chi connectivity index (χ0v) is 16.4. The number of benzene rings is 2. The van der Waals surface area contributed by atoms with E-state index in [9.17, 15) is 4.79 Å². The molecule has 0 spiro atoms. The van der Waals surface area contributed by atoms with E-state index in [4.69, 9.17) is 4.74 Å². The third-order valence-corrected chi connectivity index (χ3v) is 5.13. The van der Waals surface area contributed by atoms with Crippen molar-refractivity contribution in [1.29, 1.82) is 0 Å². The predicted molar refractivity (Wildman–Crippen MR) is 109 cm³/mol. The van der Waals surface area contributed by atoms with Crippen LogP contribution in [0.5, 0.6) is 5.75 Å². The van der Waals surface area contributed by atoms with Crippen molar-refractivity contribution in [3.63, 3.8) is 0 Å². The fourth-order valence-electron chi connectivity index (χ4n) is 2.67. The molecule has 8 heteroatoms. The van der Waals surface area contributed by atoms with E-state index in [0.29, 0.717) is 11.4 Å². The minimum atomic E-state index is -0.209. The van der Waals surface area contributed by atoms with Gasteiger partial charge in [0.1, 0.15) is 10.8 Å². The molecule has 0 atom stereocenters. The molecule has 0 fully saturated rings. The average molecular weight is 393 g/mol. The monoisotopic (exact) mass is 393 g/mol.